The fourth-order valence-electron chi connectivity index (χ4n) is 1.12. The molecular weight excluding hydrogens is 140 g/mol. The second-order valence-electron chi connectivity index (χ2n) is 2.77. The number of aliphatic hydroxyl groups is 2. The van der Waals surface area contributed by atoms with Crippen LogP contribution in [0.1, 0.15) is 19.3 Å². The van der Waals surface area contributed by atoms with Crippen molar-refractivity contribution < 1.29 is 10.2 Å². The van der Waals surface area contributed by atoms with Gasteiger partial charge in [-0.1, -0.05) is 23.8 Å². The van der Waals surface area contributed by atoms with Gasteiger partial charge in [-0.15, -0.1) is 0 Å². The molecule has 0 aromatic heterocycles. The van der Waals surface area contributed by atoms with E-state index in [2.05, 4.69) is 0 Å². The van der Waals surface area contributed by atoms with Crippen LogP contribution >= 0.6 is 0 Å². The molecule has 0 fully saturated rings. The molecule has 1 aliphatic rings. The van der Waals surface area contributed by atoms with Crippen molar-refractivity contribution in [2.24, 2.45) is 0 Å². The molecule has 62 valence electrons. The standard InChI is InChI=1S/C9H14O2/c10-7-1-2-8-3-5-9(11)6-4-8/h3-5,9-11H,1-2,6-7H2. The Morgan fingerprint density at radius 3 is 2.91 bits per heavy atom. The molecule has 2 N–H and O–H groups in total. The fourth-order valence-corrected chi connectivity index (χ4v) is 1.12. The summed E-state index contributed by atoms with van der Waals surface area (Å²) < 4.78 is 0. The largest absolute Gasteiger partial charge is 0.396 e. The lowest BCUT2D eigenvalue weighted by molar-refractivity contribution is 0.225. The molecule has 0 saturated carbocycles. The van der Waals surface area contributed by atoms with E-state index in [4.69, 9.17) is 10.2 Å². The maximum Gasteiger partial charge on any atom is 0.0758 e. The van der Waals surface area contributed by atoms with E-state index in [9.17, 15) is 0 Å². The van der Waals surface area contributed by atoms with Crippen LogP contribution < -0.4 is 0 Å². The van der Waals surface area contributed by atoms with Gasteiger partial charge in [0.25, 0.3) is 0 Å². The van der Waals surface area contributed by atoms with Crippen molar-refractivity contribution in [3.8, 4) is 0 Å². The van der Waals surface area contributed by atoms with Gasteiger partial charge >= 0.3 is 0 Å². The minimum atomic E-state index is -0.298. The Kier molecular flexibility index (Phi) is 3.33. The molecule has 0 aromatic carbocycles. The van der Waals surface area contributed by atoms with Gasteiger partial charge in [0.2, 0.25) is 0 Å². The number of hydrogen-bond donors (Lipinski definition) is 2. The van der Waals surface area contributed by atoms with Crippen LogP contribution in [-0.2, 0) is 0 Å². The van der Waals surface area contributed by atoms with Gasteiger partial charge in [0.05, 0.1) is 6.10 Å². The van der Waals surface area contributed by atoms with Crippen molar-refractivity contribution in [1.82, 2.24) is 0 Å². The van der Waals surface area contributed by atoms with Crippen molar-refractivity contribution >= 4 is 0 Å². The molecule has 0 aliphatic heterocycles. The van der Waals surface area contributed by atoms with E-state index in [0.29, 0.717) is 0 Å². The molecule has 0 heterocycles. The molecule has 11 heavy (non-hydrogen) atoms. The van der Waals surface area contributed by atoms with Crippen molar-refractivity contribution in [3.63, 3.8) is 0 Å². The monoisotopic (exact) mass is 154 g/mol. The molecule has 1 unspecified atom stereocenters. The number of rotatable bonds is 3. The van der Waals surface area contributed by atoms with Gasteiger partial charge in [0, 0.05) is 6.61 Å². The van der Waals surface area contributed by atoms with Gasteiger partial charge in [-0.3, -0.25) is 0 Å². The second-order valence-corrected chi connectivity index (χ2v) is 2.77. The number of hydrogen-bond acceptors (Lipinski definition) is 2. The first-order valence-corrected chi connectivity index (χ1v) is 3.99. The summed E-state index contributed by atoms with van der Waals surface area (Å²) >= 11 is 0. The number of allylic oxidation sites excluding steroid dienone is 2. The first-order chi connectivity index (χ1) is 5.33. The van der Waals surface area contributed by atoms with Crippen LogP contribution in [0.25, 0.3) is 0 Å². The Morgan fingerprint density at radius 1 is 1.55 bits per heavy atom. The van der Waals surface area contributed by atoms with Crippen molar-refractivity contribution in [1.29, 1.82) is 0 Å². The van der Waals surface area contributed by atoms with Crippen LogP contribution in [0.15, 0.2) is 23.8 Å². The van der Waals surface area contributed by atoms with Gasteiger partial charge in [-0.25, -0.2) is 0 Å². The van der Waals surface area contributed by atoms with Gasteiger partial charge in [-0.2, -0.15) is 0 Å². The first-order valence-electron chi connectivity index (χ1n) is 3.99. The predicted molar refractivity (Wildman–Crippen MR) is 44.2 cm³/mol. The molecule has 0 saturated heterocycles. The van der Waals surface area contributed by atoms with E-state index < -0.39 is 0 Å². The van der Waals surface area contributed by atoms with Gasteiger partial charge in [0.15, 0.2) is 0 Å². The SMILES string of the molecule is OCCCC1=CCC(O)C=C1. The van der Waals surface area contributed by atoms with Gasteiger partial charge in [0.1, 0.15) is 0 Å². The van der Waals surface area contributed by atoms with E-state index >= 15 is 0 Å². The van der Waals surface area contributed by atoms with Gasteiger partial charge < -0.3 is 10.2 Å². The Morgan fingerprint density at radius 2 is 2.36 bits per heavy atom. The fraction of sp³-hybridized carbons (Fsp3) is 0.556. The molecule has 0 amide bonds. The molecule has 0 bridgehead atoms. The zero-order valence-corrected chi connectivity index (χ0v) is 6.53. The summed E-state index contributed by atoms with van der Waals surface area (Å²) in [4.78, 5) is 0. The smallest absolute Gasteiger partial charge is 0.0758 e. The minimum Gasteiger partial charge on any atom is -0.396 e. The van der Waals surface area contributed by atoms with Crippen LogP contribution in [0.2, 0.25) is 0 Å². The summed E-state index contributed by atoms with van der Waals surface area (Å²) in [5.41, 5.74) is 1.23. The minimum absolute atomic E-state index is 0.244. The third kappa shape index (κ3) is 2.87. The highest BCUT2D eigenvalue weighted by Crippen LogP contribution is 2.14. The summed E-state index contributed by atoms with van der Waals surface area (Å²) in [6.45, 7) is 0.244. The molecule has 0 aromatic rings. The summed E-state index contributed by atoms with van der Waals surface area (Å²) in [6, 6.07) is 0. The van der Waals surface area contributed by atoms with E-state index in [1.165, 1.54) is 5.57 Å². The normalized spacial score (nSPS) is 23.5. The Bertz CT molecular complexity index is 170. The van der Waals surface area contributed by atoms with Gasteiger partial charge in [-0.05, 0) is 19.3 Å². The van der Waals surface area contributed by atoms with E-state index in [-0.39, 0.29) is 12.7 Å². The topological polar surface area (TPSA) is 40.5 Å². The third-order valence-corrected chi connectivity index (χ3v) is 1.78. The summed E-state index contributed by atoms with van der Waals surface area (Å²) in [6.07, 6.45) is 7.91. The van der Waals surface area contributed by atoms with E-state index in [0.717, 1.165) is 19.3 Å². The molecule has 0 radical (unpaired) electrons. The quantitative estimate of drug-likeness (QED) is 0.636. The lowest BCUT2D eigenvalue weighted by atomic mass is 10.0. The molecule has 2 nitrogen and oxygen atoms in total. The van der Waals surface area contributed by atoms with E-state index in [1.807, 2.05) is 12.2 Å². The highest BCUT2D eigenvalue weighted by Gasteiger charge is 2.03. The van der Waals surface area contributed by atoms with Crippen LogP contribution in [0.4, 0.5) is 0 Å². The molecule has 2 heteroatoms. The Balaban J connectivity index is 2.31. The predicted octanol–water partition coefficient (Wildman–Crippen LogP) is 1.01. The summed E-state index contributed by atoms with van der Waals surface area (Å²) in [7, 11) is 0. The Labute approximate surface area is 66.9 Å². The first kappa shape index (κ1) is 8.50. The molecule has 1 atom stereocenters. The summed E-state index contributed by atoms with van der Waals surface area (Å²) in [5.74, 6) is 0. The average molecular weight is 154 g/mol. The van der Waals surface area contributed by atoms with Crippen LogP contribution in [0.5, 0.6) is 0 Å². The highest BCUT2D eigenvalue weighted by atomic mass is 16.3. The molecule has 1 aliphatic carbocycles. The lowest BCUT2D eigenvalue weighted by Gasteiger charge is -2.09. The average Bonchev–Trinajstić information content (AvgIpc) is 2.04. The molecule has 1 rings (SSSR count). The van der Waals surface area contributed by atoms with E-state index in [1.54, 1.807) is 6.08 Å². The van der Waals surface area contributed by atoms with Crippen molar-refractivity contribution in [2.45, 2.75) is 25.4 Å². The third-order valence-electron chi connectivity index (χ3n) is 1.78. The maximum atomic E-state index is 9.07. The second kappa shape index (κ2) is 4.31. The summed E-state index contributed by atoms with van der Waals surface area (Å²) in [5, 5.41) is 17.6. The Hall–Kier alpha value is -0.600. The van der Waals surface area contributed by atoms with Crippen LogP contribution in [0, 0.1) is 0 Å². The van der Waals surface area contributed by atoms with Crippen molar-refractivity contribution in [2.75, 3.05) is 6.61 Å². The number of aliphatic hydroxyl groups excluding tert-OH is 2. The zero-order valence-electron chi connectivity index (χ0n) is 6.53. The molecular formula is C9H14O2. The molecule has 0 spiro atoms. The lowest BCUT2D eigenvalue weighted by Crippen LogP contribution is -2.04. The van der Waals surface area contributed by atoms with Crippen molar-refractivity contribution in [3.05, 3.63) is 23.8 Å². The van der Waals surface area contributed by atoms with Crippen LogP contribution in [0.3, 0.4) is 0 Å². The zero-order chi connectivity index (χ0) is 8.10. The highest BCUT2D eigenvalue weighted by molar-refractivity contribution is 5.23. The maximum absolute atomic E-state index is 9.07. The van der Waals surface area contributed by atoms with Crippen LogP contribution in [-0.4, -0.2) is 22.9 Å².